The summed E-state index contributed by atoms with van der Waals surface area (Å²) in [6, 6.07) is 13.7. The van der Waals surface area contributed by atoms with Gasteiger partial charge in [-0.2, -0.15) is 5.26 Å². The second-order valence-electron chi connectivity index (χ2n) is 5.61. The molecule has 0 bridgehead atoms. The van der Waals surface area contributed by atoms with Gasteiger partial charge in [0.05, 0.1) is 6.07 Å². The van der Waals surface area contributed by atoms with Crippen molar-refractivity contribution < 1.29 is 4.79 Å². The van der Waals surface area contributed by atoms with Crippen molar-refractivity contribution in [3.8, 4) is 6.07 Å². The number of hydrogen-bond donors (Lipinski definition) is 0. The van der Waals surface area contributed by atoms with E-state index in [1.54, 1.807) is 0 Å². The molecule has 0 amide bonds. The van der Waals surface area contributed by atoms with E-state index >= 15 is 0 Å². The lowest BCUT2D eigenvalue weighted by atomic mass is 9.87. The van der Waals surface area contributed by atoms with Crippen LogP contribution in [0.2, 0.25) is 0 Å². The molecule has 0 radical (unpaired) electrons. The molecule has 2 aromatic carbocycles. The fraction of sp³-hybridized carbons (Fsp3) is 0.263. The molecule has 2 heteroatoms. The fourth-order valence-corrected chi connectivity index (χ4v) is 2.76. The summed E-state index contributed by atoms with van der Waals surface area (Å²) in [6.07, 6.45) is 0. The molecule has 0 aliphatic carbocycles. The van der Waals surface area contributed by atoms with Crippen molar-refractivity contribution in [1.82, 2.24) is 0 Å². The normalized spacial score (nSPS) is 11.8. The van der Waals surface area contributed by atoms with Crippen molar-refractivity contribution >= 4 is 5.78 Å². The highest BCUT2D eigenvalue weighted by Crippen LogP contribution is 2.25. The minimum Gasteiger partial charge on any atom is -0.292 e. The van der Waals surface area contributed by atoms with E-state index in [1.165, 1.54) is 0 Å². The SMILES string of the molecule is Cc1ccc(C(C#N)C(=O)c2c(C)cc(C)cc2C)cc1. The third kappa shape index (κ3) is 3.03. The first-order chi connectivity index (χ1) is 9.93. The molecule has 0 N–H and O–H groups in total. The zero-order valence-corrected chi connectivity index (χ0v) is 12.9. The molecule has 2 aromatic rings. The second-order valence-corrected chi connectivity index (χ2v) is 5.61. The monoisotopic (exact) mass is 277 g/mol. The molecular formula is C19H19NO. The lowest BCUT2D eigenvalue weighted by Crippen LogP contribution is -2.14. The minimum atomic E-state index is -0.745. The van der Waals surface area contributed by atoms with Gasteiger partial charge in [-0.25, -0.2) is 0 Å². The lowest BCUT2D eigenvalue weighted by Gasteiger charge is -2.14. The molecule has 106 valence electrons. The molecule has 0 aliphatic heterocycles. The minimum absolute atomic E-state index is 0.114. The Bertz CT molecular complexity index is 697. The molecule has 0 aliphatic rings. The van der Waals surface area contributed by atoms with Crippen LogP contribution in [0.3, 0.4) is 0 Å². The summed E-state index contributed by atoms with van der Waals surface area (Å²) >= 11 is 0. The number of hydrogen-bond acceptors (Lipinski definition) is 2. The zero-order valence-electron chi connectivity index (χ0n) is 12.9. The highest BCUT2D eigenvalue weighted by molar-refractivity contribution is 6.05. The molecule has 0 fully saturated rings. The number of aryl methyl sites for hydroxylation is 4. The summed E-state index contributed by atoms with van der Waals surface area (Å²) < 4.78 is 0. The van der Waals surface area contributed by atoms with Gasteiger partial charge in [0.25, 0.3) is 0 Å². The summed E-state index contributed by atoms with van der Waals surface area (Å²) in [4.78, 5) is 12.8. The number of Topliss-reactive ketones (excluding diaryl/α,β-unsaturated/α-hetero) is 1. The van der Waals surface area contributed by atoms with Crippen LogP contribution in [0.5, 0.6) is 0 Å². The molecule has 2 rings (SSSR count). The maximum Gasteiger partial charge on any atom is 0.184 e. The quantitative estimate of drug-likeness (QED) is 0.780. The Morgan fingerprint density at radius 2 is 1.48 bits per heavy atom. The molecule has 1 atom stereocenters. The van der Waals surface area contributed by atoms with Gasteiger partial charge in [-0.1, -0.05) is 47.5 Å². The van der Waals surface area contributed by atoms with Gasteiger partial charge in [0, 0.05) is 5.56 Å². The Morgan fingerprint density at radius 1 is 0.952 bits per heavy atom. The van der Waals surface area contributed by atoms with Crippen LogP contribution in [0.4, 0.5) is 0 Å². The van der Waals surface area contributed by atoms with Crippen molar-refractivity contribution in [3.63, 3.8) is 0 Å². The average molecular weight is 277 g/mol. The van der Waals surface area contributed by atoms with Crippen LogP contribution in [0.1, 0.15) is 44.1 Å². The first-order valence-corrected chi connectivity index (χ1v) is 7.02. The van der Waals surface area contributed by atoms with Crippen LogP contribution < -0.4 is 0 Å². The van der Waals surface area contributed by atoms with Crippen LogP contribution >= 0.6 is 0 Å². The first-order valence-electron chi connectivity index (χ1n) is 7.02. The van der Waals surface area contributed by atoms with E-state index in [-0.39, 0.29) is 5.78 Å². The Labute approximate surface area is 126 Å². The highest BCUT2D eigenvalue weighted by Gasteiger charge is 2.24. The smallest absolute Gasteiger partial charge is 0.184 e. The number of nitrogens with zero attached hydrogens (tertiary/aromatic N) is 1. The molecule has 0 saturated heterocycles. The summed E-state index contributed by atoms with van der Waals surface area (Å²) in [6.45, 7) is 7.85. The maximum absolute atomic E-state index is 12.8. The molecule has 0 saturated carbocycles. The van der Waals surface area contributed by atoms with Crippen LogP contribution in [-0.2, 0) is 0 Å². The van der Waals surface area contributed by atoms with Crippen molar-refractivity contribution in [1.29, 1.82) is 5.26 Å². The van der Waals surface area contributed by atoms with Gasteiger partial charge in [0.15, 0.2) is 5.78 Å². The van der Waals surface area contributed by atoms with Gasteiger partial charge in [-0.05, 0) is 44.4 Å². The average Bonchev–Trinajstić information content (AvgIpc) is 2.40. The summed E-state index contributed by atoms with van der Waals surface area (Å²) in [7, 11) is 0. The number of ketones is 1. The third-order valence-electron chi connectivity index (χ3n) is 3.73. The molecule has 0 heterocycles. The number of carbonyl (C=O) groups excluding carboxylic acids is 1. The molecule has 0 spiro atoms. The molecular weight excluding hydrogens is 258 g/mol. The van der Waals surface area contributed by atoms with Gasteiger partial charge in [-0.3, -0.25) is 4.79 Å². The highest BCUT2D eigenvalue weighted by atomic mass is 16.1. The van der Waals surface area contributed by atoms with Crippen molar-refractivity contribution in [3.05, 3.63) is 69.8 Å². The third-order valence-corrected chi connectivity index (χ3v) is 3.73. The van der Waals surface area contributed by atoms with Gasteiger partial charge in [0.1, 0.15) is 5.92 Å². The van der Waals surface area contributed by atoms with E-state index in [4.69, 9.17) is 0 Å². The summed E-state index contributed by atoms with van der Waals surface area (Å²) in [5.41, 5.74) is 5.55. The molecule has 0 aromatic heterocycles. The van der Waals surface area contributed by atoms with E-state index in [2.05, 4.69) is 6.07 Å². The van der Waals surface area contributed by atoms with Crippen molar-refractivity contribution in [2.75, 3.05) is 0 Å². The van der Waals surface area contributed by atoms with Gasteiger partial charge in [-0.15, -0.1) is 0 Å². The Balaban J connectivity index is 2.47. The molecule has 1 unspecified atom stereocenters. The van der Waals surface area contributed by atoms with E-state index in [0.29, 0.717) is 5.56 Å². The predicted molar refractivity (Wildman–Crippen MR) is 84.5 cm³/mol. The Kier molecular flexibility index (Phi) is 4.23. The number of rotatable bonds is 3. The number of nitriles is 1. The van der Waals surface area contributed by atoms with Crippen LogP contribution in [0.15, 0.2) is 36.4 Å². The first kappa shape index (κ1) is 15.0. The summed E-state index contributed by atoms with van der Waals surface area (Å²) in [5.74, 6) is -0.859. The second kappa shape index (κ2) is 5.93. The van der Waals surface area contributed by atoms with Crippen molar-refractivity contribution in [2.24, 2.45) is 0 Å². The zero-order chi connectivity index (χ0) is 15.6. The maximum atomic E-state index is 12.8. The topological polar surface area (TPSA) is 40.9 Å². The number of carbonyl (C=O) groups is 1. The summed E-state index contributed by atoms with van der Waals surface area (Å²) in [5, 5.41) is 9.45. The fourth-order valence-electron chi connectivity index (χ4n) is 2.76. The largest absolute Gasteiger partial charge is 0.292 e. The Morgan fingerprint density at radius 3 is 1.95 bits per heavy atom. The van der Waals surface area contributed by atoms with E-state index < -0.39 is 5.92 Å². The number of benzene rings is 2. The predicted octanol–water partition coefficient (Wildman–Crippen LogP) is 4.41. The van der Waals surface area contributed by atoms with Crippen LogP contribution in [0, 0.1) is 39.0 Å². The standard InChI is InChI=1S/C19H19NO/c1-12-5-7-16(8-6-12)17(11-20)19(21)18-14(3)9-13(2)10-15(18)4/h5-10,17H,1-4H3. The van der Waals surface area contributed by atoms with Crippen LogP contribution in [0.25, 0.3) is 0 Å². The lowest BCUT2D eigenvalue weighted by molar-refractivity contribution is 0.0977. The van der Waals surface area contributed by atoms with Gasteiger partial charge < -0.3 is 0 Å². The molecule has 21 heavy (non-hydrogen) atoms. The molecule has 2 nitrogen and oxygen atoms in total. The van der Waals surface area contributed by atoms with E-state index in [9.17, 15) is 10.1 Å². The van der Waals surface area contributed by atoms with Crippen LogP contribution in [-0.4, -0.2) is 5.78 Å². The Hall–Kier alpha value is -2.40. The van der Waals surface area contributed by atoms with Gasteiger partial charge in [0.2, 0.25) is 0 Å². The van der Waals surface area contributed by atoms with E-state index in [1.807, 2.05) is 64.1 Å². The van der Waals surface area contributed by atoms with E-state index in [0.717, 1.165) is 27.8 Å². The van der Waals surface area contributed by atoms with Crippen molar-refractivity contribution in [2.45, 2.75) is 33.6 Å². The van der Waals surface area contributed by atoms with Gasteiger partial charge >= 0.3 is 0 Å².